The maximum atomic E-state index is 12.8. The molecule has 0 amide bonds. The van der Waals surface area contributed by atoms with Crippen molar-refractivity contribution in [3.63, 3.8) is 0 Å². The number of nitrogens with zero attached hydrogens (tertiary/aromatic N) is 1. The molecule has 5 atom stereocenters. The van der Waals surface area contributed by atoms with Gasteiger partial charge < -0.3 is 19.7 Å². The van der Waals surface area contributed by atoms with Crippen LogP contribution in [0, 0.1) is 0 Å². The van der Waals surface area contributed by atoms with E-state index in [4.69, 9.17) is 9.47 Å². The van der Waals surface area contributed by atoms with Gasteiger partial charge >= 0.3 is 0 Å². The van der Waals surface area contributed by atoms with E-state index in [0.717, 1.165) is 17.7 Å². The van der Waals surface area contributed by atoms with Crippen LogP contribution >= 0.6 is 0 Å². The second-order valence-corrected chi connectivity index (χ2v) is 7.87. The lowest BCUT2D eigenvalue weighted by Crippen LogP contribution is -2.80. The predicted molar refractivity (Wildman–Crippen MR) is 93.5 cm³/mol. The molecule has 1 aromatic rings. The smallest absolute Gasteiger partial charge is 0.177 e. The number of aliphatic hydroxyl groups excluding tert-OH is 1. The van der Waals surface area contributed by atoms with Gasteiger partial charge in [0.15, 0.2) is 23.4 Å². The number of carbonyl (C=O) groups excluding carboxylic acids is 1. The van der Waals surface area contributed by atoms with Crippen LogP contribution in [-0.2, 0) is 16.6 Å². The number of hydrogen-bond acceptors (Lipinski definition) is 6. The summed E-state index contributed by atoms with van der Waals surface area (Å²) in [7, 11) is 1.57. The van der Waals surface area contributed by atoms with E-state index in [-0.39, 0.29) is 18.2 Å². The van der Waals surface area contributed by atoms with Crippen molar-refractivity contribution in [1.82, 2.24) is 4.90 Å². The van der Waals surface area contributed by atoms with Gasteiger partial charge in [-0.3, -0.25) is 9.69 Å². The second-order valence-electron chi connectivity index (χ2n) is 7.87. The monoisotopic (exact) mass is 357 g/mol. The molecule has 0 radical (unpaired) electrons. The van der Waals surface area contributed by atoms with Gasteiger partial charge in [-0.15, -0.1) is 6.58 Å². The Balaban J connectivity index is 1.81. The Kier molecular flexibility index (Phi) is 3.19. The number of rotatable bonds is 3. The maximum absolute atomic E-state index is 12.8. The van der Waals surface area contributed by atoms with Crippen molar-refractivity contribution >= 4 is 5.78 Å². The van der Waals surface area contributed by atoms with Gasteiger partial charge in [-0.05, 0) is 24.5 Å². The molecule has 6 nitrogen and oxygen atoms in total. The summed E-state index contributed by atoms with van der Waals surface area (Å²) < 4.78 is 11.6. The second kappa shape index (κ2) is 5.09. The normalized spacial score (nSPS) is 40.0. The first-order chi connectivity index (χ1) is 12.5. The zero-order chi connectivity index (χ0) is 18.3. The zero-order valence-electron chi connectivity index (χ0n) is 14.8. The highest BCUT2D eigenvalue weighted by molar-refractivity contribution is 5.90. The predicted octanol–water partition coefficient (Wildman–Crippen LogP) is 0.575. The molecule has 26 heavy (non-hydrogen) atoms. The maximum Gasteiger partial charge on any atom is 0.177 e. The summed E-state index contributed by atoms with van der Waals surface area (Å²) in [5, 5.41) is 22.9. The number of carbonyl (C=O) groups is 1. The molecule has 2 bridgehead atoms. The largest absolute Gasteiger partial charge is 0.493 e. The number of hydrogen-bond donors (Lipinski definition) is 2. The summed E-state index contributed by atoms with van der Waals surface area (Å²) >= 11 is 0. The summed E-state index contributed by atoms with van der Waals surface area (Å²) in [5.74, 6) is 0.986. The van der Waals surface area contributed by atoms with Crippen molar-refractivity contribution in [2.45, 2.75) is 48.5 Å². The molecule has 1 saturated heterocycles. The lowest BCUT2D eigenvalue weighted by molar-refractivity contribution is -0.228. The molecule has 2 fully saturated rings. The third-order valence-electron chi connectivity index (χ3n) is 6.99. The zero-order valence-corrected chi connectivity index (χ0v) is 14.8. The molecule has 0 aromatic heterocycles. The molecule has 5 rings (SSSR count). The number of ether oxygens (including phenoxy) is 2. The van der Waals surface area contributed by atoms with Crippen molar-refractivity contribution in [1.29, 1.82) is 0 Å². The molecule has 2 heterocycles. The van der Waals surface area contributed by atoms with Gasteiger partial charge in [0, 0.05) is 31.1 Å². The molecular weight excluding hydrogens is 334 g/mol. The van der Waals surface area contributed by atoms with Gasteiger partial charge in [0.25, 0.3) is 0 Å². The fourth-order valence-electron chi connectivity index (χ4n) is 6.00. The van der Waals surface area contributed by atoms with Gasteiger partial charge in [-0.25, -0.2) is 0 Å². The van der Waals surface area contributed by atoms with Crippen LogP contribution in [0.25, 0.3) is 0 Å². The minimum Gasteiger partial charge on any atom is -0.493 e. The van der Waals surface area contributed by atoms with Crippen molar-refractivity contribution in [3.05, 3.63) is 35.9 Å². The quantitative estimate of drug-likeness (QED) is 0.771. The van der Waals surface area contributed by atoms with Gasteiger partial charge in [0.2, 0.25) is 0 Å². The van der Waals surface area contributed by atoms with Crippen LogP contribution in [0.15, 0.2) is 24.8 Å². The topological polar surface area (TPSA) is 79.2 Å². The van der Waals surface area contributed by atoms with E-state index < -0.39 is 23.2 Å². The van der Waals surface area contributed by atoms with Crippen LogP contribution in [0.3, 0.4) is 0 Å². The number of ketones is 1. The van der Waals surface area contributed by atoms with E-state index in [1.165, 1.54) is 0 Å². The summed E-state index contributed by atoms with van der Waals surface area (Å²) in [6.07, 6.45) is 0.993. The molecule has 1 saturated carbocycles. The Morgan fingerprint density at radius 3 is 3.00 bits per heavy atom. The molecule has 1 aromatic carbocycles. The van der Waals surface area contributed by atoms with E-state index in [2.05, 4.69) is 11.5 Å². The Morgan fingerprint density at radius 2 is 2.27 bits per heavy atom. The fraction of sp³-hybridized carbons (Fsp3) is 0.550. The number of aliphatic hydroxyl groups is 2. The van der Waals surface area contributed by atoms with Crippen molar-refractivity contribution < 1.29 is 24.5 Å². The van der Waals surface area contributed by atoms with Gasteiger partial charge in [0.1, 0.15) is 5.60 Å². The van der Waals surface area contributed by atoms with Gasteiger partial charge in [-0.2, -0.15) is 0 Å². The van der Waals surface area contributed by atoms with Gasteiger partial charge in [-0.1, -0.05) is 12.1 Å². The highest BCUT2D eigenvalue weighted by Crippen LogP contribution is 2.64. The Hall–Kier alpha value is -1.89. The standard InChI is InChI=1S/C20H23NO5/c1-3-7-21-8-6-19-16-11-4-5-13(25-2)17(16)26-18(19)12(22)10-15(23)20(19,24)14(21)9-11/h3-5,14-15,18,23-24H,1,6-10H2,2H3/t14-,15?,18+,19+,20+/m1/s1. The Bertz CT molecular complexity index is 823. The molecule has 2 aliphatic carbocycles. The number of methoxy groups -OCH3 is 1. The highest BCUT2D eigenvalue weighted by atomic mass is 16.5. The van der Waals surface area contributed by atoms with Crippen LogP contribution in [0.5, 0.6) is 11.5 Å². The van der Waals surface area contributed by atoms with Crippen LogP contribution in [0.4, 0.5) is 0 Å². The lowest BCUT2D eigenvalue weighted by Gasteiger charge is -2.63. The van der Waals surface area contributed by atoms with Crippen LogP contribution in [-0.4, -0.2) is 64.9 Å². The Labute approximate surface area is 152 Å². The molecule has 1 spiro atoms. The van der Waals surface area contributed by atoms with Crippen molar-refractivity contribution in [3.8, 4) is 11.5 Å². The third kappa shape index (κ3) is 1.57. The molecule has 2 N–H and O–H groups in total. The minimum atomic E-state index is -1.43. The average Bonchev–Trinajstić information content (AvgIpc) is 2.97. The Morgan fingerprint density at radius 1 is 1.46 bits per heavy atom. The van der Waals surface area contributed by atoms with Gasteiger partial charge in [0.05, 0.1) is 18.6 Å². The number of likely N-dealkylation sites (tertiary alicyclic amines) is 1. The fourth-order valence-corrected chi connectivity index (χ4v) is 6.00. The van der Waals surface area contributed by atoms with Crippen LogP contribution < -0.4 is 9.47 Å². The first-order valence-electron chi connectivity index (χ1n) is 9.14. The first-order valence-corrected chi connectivity index (χ1v) is 9.14. The molecule has 1 unspecified atom stereocenters. The van der Waals surface area contributed by atoms with E-state index in [1.54, 1.807) is 7.11 Å². The highest BCUT2D eigenvalue weighted by Gasteiger charge is 2.75. The summed E-state index contributed by atoms with van der Waals surface area (Å²) in [4.78, 5) is 15.0. The molecule has 2 aliphatic heterocycles. The van der Waals surface area contributed by atoms with Crippen LogP contribution in [0.1, 0.15) is 24.0 Å². The van der Waals surface area contributed by atoms with E-state index >= 15 is 0 Å². The molecule has 6 heteroatoms. The number of benzene rings is 1. The molecule has 138 valence electrons. The average molecular weight is 357 g/mol. The summed E-state index contributed by atoms with van der Waals surface area (Å²) in [6.45, 7) is 5.18. The first kappa shape index (κ1) is 16.3. The summed E-state index contributed by atoms with van der Waals surface area (Å²) in [5.41, 5.74) is -0.418. The third-order valence-corrected chi connectivity index (χ3v) is 6.99. The minimum absolute atomic E-state index is 0.0903. The van der Waals surface area contributed by atoms with E-state index in [9.17, 15) is 15.0 Å². The van der Waals surface area contributed by atoms with Crippen molar-refractivity contribution in [2.24, 2.45) is 0 Å². The van der Waals surface area contributed by atoms with Crippen LogP contribution in [0.2, 0.25) is 0 Å². The SMILES string of the molecule is C=CCN1CC[C@]23c4c5ccc(OC)c4O[C@H]2C(=O)CC(O)[C@@]3(O)[C@H]1C5. The van der Waals surface area contributed by atoms with E-state index in [1.807, 2.05) is 18.2 Å². The molecular formula is C20H23NO5. The number of piperidine rings is 1. The van der Waals surface area contributed by atoms with Crippen molar-refractivity contribution in [2.75, 3.05) is 20.2 Å². The molecule has 4 aliphatic rings. The number of Topliss-reactive ketones (excluding diaryl/α,β-unsaturated/α-hetero) is 1. The summed E-state index contributed by atoms with van der Waals surface area (Å²) in [6, 6.07) is 3.58. The van der Waals surface area contributed by atoms with E-state index in [0.29, 0.717) is 30.9 Å². The lowest BCUT2D eigenvalue weighted by atomic mass is 9.48.